The average Bonchev–Trinajstić information content (AvgIpc) is 3.12. The molecule has 0 unspecified atom stereocenters. The summed E-state index contributed by atoms with van der Waals surface area (Å²) in [5.41, 5.74) is 8.77. The molecule has 3 aromatic rings. The predicted octanol–water partition coefficient (Wildman–Crippen LogP) is 5.91. The van der Waals surface area contributed by atoms with Crippen molar-refractivity contribution in [1.82, 2.24) is 0 Å². The molecule has 0 bridgehead atoms. The van der Waals surface area contributed by atoms with Crippen molar-refractivity contribution < 1.29 is 13.9 Å². The number of amides is 1. The van der Waals surface area contributed by atoms with Crippen molar-refractivity contribution in [3.63, 3.8) is 0 Å². The zero-order valence-corrected chi connectivity index (χ0v) is 17.6. The first-order valence-corrected chi connectivity index (χ1v) is 9.53. The van der Waals surface area contributed by atoms with E-state index in [0.29, 0.717) is 33.7 Å². The van der Waals surface area contributed by atoms with Crippen molar-refractivity contribution in [3.8, 4) is 17.1 Å². The molecule has 3 rings (SSSR count). The van der Waals surface area contributed by atoms with Gasteiger partial charge in [-0.25, -0.2) is 0 Å². The van der Waals surface area contributed by atoms with Crippen LogP contribution in [-0.4, -0.2) is 13.0 Å². The van der Waals surface area contributed by atoms with Gasteiger partial charge in [-0.2, -0.15) is 0 Å². The number of benzene rings is 2. The normalized spacial score (nSPS) is 11.0. The summed E-state index contributed by atoms with van der Waals surface area (Å²) in [4.78, 5) is 12.2. The minimum absolute atomic E-state index is 0.279. The minimum atomic E-state index is -0.279. The van der Waals surface area contributed by atoms with E-state index >= 15 is 0 Å². The van der Waals surface area contributed by atoms with Gasteiger partial charge in [0.1, 0.15) is 17.3 Å². The van der Waals surface area contributed by atoms with Crippen molar-refractivity contribution in [2.45, 2.75) is 6.92 Å². The van der Waals surface area contributed by atoms with Gasteiger partial charge < -0.3 is 20.2 Å². The molecule has 5 nitrogen and oxygen atoms in total. The molecule has 0 saturated carbocycles. The number of methoxy groups -OCH3 is 1. The quantitative estimate of drug-likeness (QED) is 0.365. The van der Waals surface area contributed by atoms with Crippen LogP contribution in [0.1, 0.15) is 11.3 Å². The number of nitrogens with two attached hydrogens (primary N) is 1. The summed E-state index contributed by atoms with van der Waals surface area (Å²) in [5, 5.41) is 3.33. The van der Waals surface area contributed by atoms with Crippen LogP contribution in [-0.2, 0) is 4.79 Å². The molecule has 2 aromatic carbocycles. The van der Waals surface area contributed by atoms with Crippen LogP contribution in [0, 0.1) is 6.92 Å². The van der Waals surface area contributed by atoms with Gasteiger partial charge in [0.15, 0.2) is 0 Å². The molecule has 0 aliphatic carbocycles. The van der Waals surface area contributed by atoms with Crippen LogP contribution in [0.25, 0.3) is 17.4 Å². The smallest absolute Gasteiger partial charge is 0.248 e. The number of carbonyl (C=O) groups is 1. The molecule has 0 fully saturated rings. The Morgan fingerprint density at radius 1 is 1.25 bits per heavy atom. The molecular formula is C21H18BrClN2O3. The summed E-state index contributed by atoms with van der Waals surface area (Å²) >= 11 is 9.57. The Kier molecular flexibility index (Phi) is 6.11. The van der Waals surface area contributed by atoms with Crippen LogP contribution in [0.5, 0.6) is 5.75 Å². The first kappa shape index (κ1) is 20.0. The van der Waals surface area contributed by atoms with E-state index in [0.717, 1.165) is 15.6 Å². The Labute approximate surface area is 176 Å². The van der Waals surface area contributed by atoms with Crippen LogP contribution in [0.2, 0.25) is 5.02 Å². The first-order valence-electron chi connectivity index (χ1n) is 8.36. The first-order chi connectivity index (χ1) is 13.4. The highest BCUT2D eigenvalue weighted by Gasteiger charge is 2.09. The topological polar surface area (TPSA) is 77.5 Å². The van der Waals surface area contributed by atoms with Gasteiger partial charge in [-0.3, -0.25) is 4.79 Å². The van der Waals surface area contributed by atoms with Crippen molar-refractivity contribution in [2.75, 3.05) is 18.2 Å². The molecule has 1 amide bonds. The van der Waals surface area contributed by atoms with Crippen molar-refractivity contribution in [2.24, 2.45) is 0 Å². The van der Waals surface area contributed by atoms with E-state index < -0.39 is 0 Å². The predicted molar refractivity (Wildman–Crippen MR) is 117 cm³/mol. The number of rotatable bonds is 5. The van der Waals surface area contributed by atoms with Gasteiger partial charge in [-0.05, 0) is 77.0 Å². The van der Waals surface area contributed by atoms with Gasteiger partial charge in [-0.1, -0.05) is 11.6 Å². The fraction of sp³-hybridized carbons (Fsp3) is 0.0952. The number of ether oxygens (including phenoxy) is 1. The molecule has 0 atom stereocenters. The molecule has 1 aromatic heterocycles. The van der Waals surface area contributed by atoms with E-state index in [2.05, 4.69) is 21.2 Å². The van der Waals surface area contributed by atoms with E-state index in [4.69, 9.17) is 26.5 Å². The lowest BCUT2D eigenvalue weighted by Gasteiger charge is -2.10. The van der Waals surface area contributed by atoms with Gasteiger partial charge in [-0.15, -0.1) is 0 Å². The lowest BCUT2D eigenvalue weighted by molar-refractivity contribution is -0.111. The number of hydrogen-bond donors (Lipinski definition) is 2. The SMILES string of the molecule is COc1ccc(-c2ccc(/C=C/C(=O)Nc3c(C)cc(N)cc3Br)o2)cc1Cl. The maximum absolute atomic E-state index is 12.2. The zero-order chi connectivity index (χ0) is 20.3. The van der Waals surface area contributed by atoms with E-state index in [1.165, 1.54) is 6.08 Å². The minimum Gasteiger partial charge on any atom is -0.495 e. The number of hydrogen-bond acceptors (Lipinski definition) is 4. The van der Waals surface area contributed by atoms with Crippen LogP contribution in [0.15, 0.2) is 57.4 Å². The second-order valence-corrected chi connectivity index (χ2v) is 7.33. The highest BCUT2D eigenvalue weighted by Crippen LogP contribution is 2.31. The summed E-state index contributed by atoms with van der Waals surface area (Å²) < 4.78 is 11.6. The van der Waals surface area contributed by atoms with Gasteiger partial charge in [0.05, 0.1) is 17.8 Å². The highest BCUT2D eigenvalue weighted by molar-refractivity contribution is 9.10. The molecule has 28 heavy (non-hydrogen) atoms. The summed E-state index contributed by atoms with van der Waals surface area (Å²) in [6.07, 6.45) is 3.01. The second-order valence-electron chi connectivity index (χ2n) is 6.07. The molecule has 0 radical (unpaired) electrons. The number of carbonyl (C=O) groups excluding carboxylic acids is 1. The van der Waals surface area contributed by atoms with Crippen LogP contribution >= 0.6 is 27.5 Å². The fourth-order valence-corrected chi connectivity index (χ4v) is 3.60. The maximum atomic E-state index is 12.2. The summed E-state index contributed by atoms with van der Waals surface area (Å²) in [5.74, 6) is 1.50. The van der Waals surface area contributed by atoms with Crippen molar-refractivity contribution >= 4 is 50.9 Å². The van der Waals surface area contributed by atoms with Crippen LogP contribution < -0.4 is 15.8 Å². The van der Waals surface area contributed by atoms with E-state index in [1.54, 1.807) is 43.5 Å². The molecule has 0 aliphatic heterocycles. The molecule has 3 N–H and O–H groups in total. The Morgan fingerprint density at radius 3 is 2.71 bits per heavy atom. The van der Waals surface area contributed by atoms with Gasteiger partial charge in [0.25, 0.3) is 0 Å². The lowest BCUT2D eigenvalue weighted by atomic mass is 10.1. The number of anilines is 2. The van der Waals surface area contributed by atoms with Crippen LogP contribution in [0.3, 0.4) is 0 Å². The second kappa shape index (κ2) is 8.54. The molecule has 7 heteroatoms. The van der Waals surface area contributed by atoms with Crippen LogP contribution in [0.4, 0.5) is 11.4 Å². The molecular weight excluding hydrogens is 444 g/mol. The standard InChI is InChI=1S/C21H18BrClN2O3/c1-12-9-14(24)11-16(22)21(12)25-20(26)8-5-15-4-7-18(28-15)13-3-6-19(27-2)17(23)10-13/h3-11H,24H2,1-2H3,(H,25,26)/b8-5+. The zero-order valence-electron chi connectivity index (χ0n) is 15.3. The number of nitrogen functional groups attached to an aromatic ring is 1. The van der Waals surface area contributed by atoms with Gasteiger partial charge in [0.2, 0.25) is 5.91 Å². The van der Waals surface area contributed by atoms with E-state index in [-0.39, 0.29) is 5.91 Å². The third-order valence-corrected chi connectivity index (χ3v) is 4.94. The lowest BCUT2D eigenvalue weighted by Crippen LogP contribution is -2.09. The number of aryl methyl sites for hydroxylation is 1. The van der Waals surface area contributed by atoms with Gasteiger partial charge >= 0.3 is 0 Å². The summed E-state index contributed by atoms with van der Waals surface area (Å²) in [6.45, 7) is 1.87. The summed E-state index contributed by atoms with van der Waals surface area (Å²) in [6, 6.07) is 12.5. The molecule has 0 saturated heterocycles. The van der Waals surface area contributed by atoms with Gasteiger partial charge in [0, 0.05) is 21.8 Å². The van der Waals surface area contributed by atoms with Crippen molar-refractivity contribution in [3.05, 3.63) is 69.4 Å². The number of nitrogens with one attached hydrogen (secondary N) is 1. The molecule has 0 aliphatic rings. The van der Waals surface area contributed by atoms with Crippen molar-refractivity contribution in [1.29, 1.82) is 0 Å². The summed E-state index contributed by atoms with van der Waals surface area (Å²) in [7, 11) is 1.56. The number of furan rings is 1. The Balaban J connectivity index is 1.72. The molecule has 0 spiro atoms. The maximum Gasteiger partial charge on any atom is 0.248 e. The molecule has 144 valence electrons. The van der Waals surface area contributed by atoms with E-state index in [9.17, 15) is 4.79 Å². The Bertz CT molecular complexity index is 1040. The average molecular weight is 462 g/mol. The Morgan fingerprint density at radius 2 is 2.04 bits per heavy atom. The highest BCUT2D eigenvalue weighted by atomic mass is 79.9. The monoisotopic (exact) mass is 460 g/mol. The number of halogens is 2. The third kappa shape index (κ3) is 4.58. The van der Waals surface area contributed by atoms with E-state index in [1.807, 2.05) is 19.1 Å². The fourth-order valence-electron chi connectivity index (χ4n) is 2.67. The largest absolute Gasteiger partial charge is 0.495 e. The third-order valence-electron chi connectivity index (χ3n) is 4.02. The Hall–Kier alpha value is -2.70. The molecule has 1 heterocycles.